The molecule has 0 aliphatic rings. The number of benzene rings is 3. The van der Waals surface area contributed by atoms with Gasteiger partial charge in [-0.25, -0.2) is 0 Å². The van der Waals surface area contributed by atoms with E-state index in [4.69, 9.17) is 5.73 Å². The van der Waals surface area contributed by atoms with Gasteiger partial charge >= 0.3 is 0 Å². The maximum absolute atomic E-state index is 12.9. The molecule has 126 valence electrons. The molecule has 3 nitrogen and oxygen atoms in total. The third kappa shape index (κ3) is 4.99. The Kier molecular flexibility index (Phi) is 5.99. The Morgan fingerprint density at radius 3 is 2.20 bits per heavy atom. The Hall–Kier alpha value is -1.99. The number of hydrogen-bond donors (Lipinski definition) is 2. The van der Waals surface area contributed by atoms with Crippen molar-refractivity contribution in [2.75, 3.05) is 11.1 Å². The molecular weight excluding hydrogens is 443 g/mol. The predicted octanol–water partition coefficient (Wildman–Crippen LogP) is 5.35. The molecule has 0 heterocycles. The topological polar surface area (TPSA) is 55.1 Å². The molecule has 0 saturated heterocycles. The molecule has 3 rings (SSSR count). The lowest BCUT2D eigenvalue weighted by Gasteiger charge is -2.17. The summed E-state index contributed by atoms with van der Waals surface area (Å²) in [7, 11) is 0. The zero-order valence-electron chi connectivity index (χ0n) is 13.4. The van der Waals surface area contributed by atoms with E-state index in [0.29, 0.717) is 5.69 Å². The summed E-state index contributed by atoms with van der Waals surface area (Å²) in [5, 5.41) is 2.67. The molecule has 3 aromatic carbocycles. The van der Waals surface area contributed by atoms with Crippen LogP contribution in [0.25, 0.3) is 0 Å². The van der Waals surface area contributed by atoms with Gasteiger partial charge in [-0.15, -0.1) is 11.8 Å². The maximum Gasteiger partial charge on any atom is 0.242 e. The van der Waals surface area contributed by atoms with Crippen molar-refractivity contribution in [3.05, 3.63) is 88.0 Å². The first kappa shape index (κ1) is 17.8. The minimum atomic E-state index is -0.343. The van der Waals surface area contributed by atoms with Gasteiger partial charge in [-0.1, -0.05) is 30.3 Å². The van der Waals surface area contributed by atoms with Gasteiger partial charge in [-0.2, -0.15) is 0 Å². The van der Waals surface area contributed by atoms with Crippen LogP contribution in [0, 0.1) is 3.57 Å². The first-order valence-corrected chi connectivity index (χ1v) is 9.71. The monoisotopic (exact) mass is 460 g/mol. The number of halogens is 1. The molecule has 0 aromatic heterocycles. The average Bonchev–Trinajstić information content (AvgIpc) is 2.64. The van der Waals surface area contributed by atoms with Gasteiger partial charge in [0, 0.05) is 19.8 Å². The fraction of sp³-hybridized carbons (Fsp3) is 0.0500. The fourth-order valence-corrected chi connectivity index (χ4v) is 3.71. The highest BCUT2D eigenvalue weighted by atomic mass is 127. The van der Waals surface area contributed by atoms with Crippen LogP contribution in [-0.4, -0.2) is 5.91 Å². The van der Waals surface area contributed by atoms with Gasteiger partial charge in [0.15, 0.2) is 0 Å². The van der Waals surface area contributed by atoms with Crippen LogP contribution in [0.2, 0.25) is 0 Å². The molecule has 0 fully saturated rings. The summed E-state index contributed by atoms with van der Waals surface area (Å²) in [6.45, 7) is 0. The second kappa shape index (κ2) is 8.40. The van der Waals surface area contributed by atoms with Crippen LogP contribution in [0.3, 0.4) is 0 Å². The SMILES string of the molecule is Nc1ccc(SC(C(=O)Nc2ccc(I)cc2)c2ccccc2)cc1. The lowest BCUT2D eigenvalue weighted by Crippen LogP contribution is -2.19. The average molecular weight is 460 g/mol. The van der Waals surface area contributed by atoms with Crippen molar-refractivity contribution in [3.63, 3.8) is 0 Å². The van der Waals surface area contributed by atoms with Crippen LogP contribution in [0.5, 0.6) is 0 Å². The van der Waals surface area contributed by atoms with E-state index < -0.39 is 0 Å². The number of anilines is 2. The molecule has 0 spiro atoms. The lowest BCUT2D eigenvalue weighted by molar-refractivity contribution is -0.115. The van der Waals surface area contributed by atoms with Crippen molar-refractivity contribution in [2.45, 2.75) is 10.1 Å². The maximum atomic E-state index is 12.9. The van der Waals surface area contributed by atoms with E-state index in [1.165, 1.54) is 11.8 Å². The Balaban J connectivity index is 1.83. The van der Waals surface area contributed by atoms with Crippen LogP contribution in [0.4, 0.5) is 11.4 Å². The third-order valence-corrected chi connectivity index (χ3v) is 5.57. The second-order valence-corrected chi connectivity index (χ2v) is 7.90. The zero-order valence-corrected chi connectivity index (χ0v) is 16.3. The second-order valence-electron chi connectivity index (χ2n) is 5.47. The van der Waals surface area contributed by atoms with Crippen LogP contribution in [0.1, 0.15) is 10.8 Å². The first-order chi connectivity index (χ1) is 12.1. The van der Waals surface area contributed by atoms with Crippen LogP contribution >= 0.6 is 34.4 Å². The van der Waals surface area contributed by atoms with Gasteiger partial charge in [0.2, 0.25) is 5.91 Å². The molecule has 25 heavy (non-hydrogen) atoms. The molecular formula is C20H17IN2OS. The van der Waals surface area contributed by atoms with Crippen LogP contribution in [0.15, 0.2) is 83.8 Å². The number of nitrogens with one attached hydrogen (secondary N) is 1. The number of thioether (sulfide) groups is 1. The van der Waals surface area contributed by atoms with Crippen molar-refractivity contribution in [1.82, 2.24) is 0 Å². The molecule has 3 aromatic rings. The molecule has 0 aliphatic carbocycles. The van der Waals surface area contributed by atoms with E-state index in [9.17, 15) is 4.79 Å². The highest BCUT2D eigenvalue weighted by molar-refractivity contribution is 14.1. The fourth-order valence-electron chi connectivity index (χ4n) is 2.32. The predicted molar refractivity (Wildman–Crippen MR) is 114 cm³/mol. The van der Waals surface area contributed by atoms with E-state index in [1.54, 1.807) is 0 Å². The number of rotatable bonds is 5. The largest absolute Gasteiger partial charge is 0.399 e. The Bertz CT molecular complexity index is 836. The number of nitrogens with two attached hydrogens (primary N) is 1. The Labute approximate surface area is 165 Å². The number of hydrogen-bond acceptors (Lipinski definition) is 3. The van der Waals surface area contributed by atoms with E-state index in [0.717, 1.165) is 19.7 Å². The van der Waals surface area contributed by atoms with Crippen molar-refractivity contribution >= 4 is 51.6 Å². The summed E-state index contributed by atoms with van der Waals surface area (Å²) in [5.41, 5.74) is 8.23. The van der Waals surface area contributed by atoms with Gasteiger partial charge in [-0.3, -0.25) is 4.79 Å². The van der Waals surface area contributed by atoms with Gasteiger partial charge in [0.25, 0.3) is 0 Å². The summed E-state index contributed by atoms with van der Waals surface area (Å²) >= 11 is 3.76. The summed E-state index contributed by atoms with van der Waals surface area (Å²) in [5.74, 6) is -0.0470. The Morgan fingerprint density at radius 1 is 0.920 bits per heavy atom. The van der Waals surface area contributed by atoms with E-state index in [1.807, 2.05) is 78.9 Å². The van der Waals surface area contributed by atoms with Crippen LogP contribution in [-0.2, 0) is 4.79 Å². The molecule has 5 heteroatoms. The highest BCUT2D eigenvalue weighted by Gasteiger charge is 2.22. The summed E-state index contributed by atoms with van der Waals surface area (Å²) in [6, 6.07) is 25.1. The Morgan fingerprint density at radius 2 is 1.56 bits per heavy atom. The number of carbonyl (C=O) groups is 1. The van der Waals surface area contributed by atoms with Crippen molar-refractivity contribution in [1.29, 1.82) is 0 Å². The quantitative estimate of drug-likeness (QED) is 0.307. The standard InChI is InChI=1S/C20H17IN2OS/c21-15-6-10-17(11-7-15)23-20(24)19(14-4-2-1-3-5-14)25-18-12-8-16(22)9-13-18/h1-13,19H,22H2,(H,23,24). The molecule has 3 N–H and O–H groups in total. The number of nitrogen functional groups attached to an aromatic ring is 1. The minimum Gasteiger partial charge on any atom is -0.399 e. The van der Waals surface area contributed by atoms with Gasteiger partial charge in [0.1, 0.15) is 5.25 Å². The summed E-state index contributed by atoms with van der Waals surface area (Å²) in [4.78, 5) is 13.9. The minimum absolute atomic E-state index is 0.0470. The molecule has 0 radical (unpaired) electrons. The third-order valence-electron chi connectivity index (χ3n) is 3.59. The van der Waals surface area contributed by atoms with Gasteiger partial charge < -0.3 is 11.1 Å². The summed E-state index contributed by atoms with van der Waals surface area (Å²) in [6.07, 6.45) is 0. The molecule has 0 saturated carbocycles. The smallest absolute Gasteiger partial charge is 0.242 e. The molecule has 1 amide bonds. The van der Waals surface area contributed by atoms with E-state index in [-0.39, 0.29) is 11.2 Å². The first-order valence-electron chi connectivity index (χ1n) is 7.75. The van der Waals surface area contributed by atoms with E-state index >= 15 is 0 Å². The van der Waals surface area contributed by atoms with Crippen molar-refractivity contribution < 1.29 is 4.79 Å². The van der Waals surface area contributed by atoms with Crippen molar-refractivity contribution in [3.8, 4) is 0 Å². The van der Waals surface area contributed by atoms with Crippen LogP contribution < -0.4 is 11.1 Å². The molecule has 1 unspecified atom stereocenters. The van der Waals surface area contributed by atoms with Crippen molar-refractivity contribution in [2.24, 2.45) is 0 Å². The highest BCUT2D eigenvalue weighted by Crippen LogP contribution is 2.36. The van der Waals surface area contributed by atoms with Gasteiger partial charge in [-0.05, 0) is 76.7 Å². The summed E-state index contributed by atoms with van der Waals surface area (Å²) < 4.78 is 1.13. The zero-order chi connectivity index (χ0) is 17.6. The molecule has 0 aliphatic heterocycles. The molecule has 1 atom stereocenters. The molecule has 0 bridgehead atoms. The van der Waals surface area contributed by atoms with Gasteiger partial charge in [0.05, 0.1) is 0 Å². The normalized spacial score (nSPS) is 11.7. The lowest BCUT2D eigenvalue weighted by atomic mass is 10.1. The van der Waals surface area contributed by atoms with E-state index in [2.05, 4.69) is 27.9 Å². The number of carbonyl (C=O) groups excluding carboxylic acids is 1. The number of amides is 1.